The van der Waals surface area contributed by atoms with Crippen molar-refractivity contribution < 1.29 is 20.4 Å². The van der Waals surface area contributed by atoms with E-state index in [4.69, 9.17) is 9.97 Å². The van der Waals surface area contributed by atoms with Crippen LogP contribution in [-0.4, -0.2) is 40.4 Å². The molecular formula is C58H74N4O4. The normalized spacial score (nSPS) is 12.5. The lowest BCUT2D eigenvalue weighted by Crippen LogP contribution is -1.96. The molecule has 8 heteroatoms. The van der Waals surface area contributed by atoms with Crippen molar-refractivity contribution in [1.29, 1.82) is 0 Å². The summed E-state index contributed by atoms with van der Waals surface area (Å²) in [7, 11) is 0. The zero-order chi connectivity index (χ0) is 46.1. The number of rotatable bonds is 26. The fraction of sp³-hybridized carbons (Fsp3) is 0.448. The Morgan fingerprint density at radius 2 is 0.742 bits per heavy atom. The van der Waals surface area contributed by atoms with E-state index >= 15 is 0 Å². The number of hydrogen-bond acceptors (Lipinski definition) is 6. The molecule has 5 heterocycles. The van der Waals surface area contributed by atoms with Crippen molar-refractivity contribution in [2.75, 3.05) is 0 Å². The molecule has 0 atom stereocenters. The van der Waals surface area contributed by atoms with E-state index in [2.05, 4.69) is 23.8 Å². The van der Waals surface area contributed by atoms with Gasteiger partial charge in [0.2, 0.25) is 0 Å². The number of aromatic hydroxyl groups is 2. The van der Waals surface area contributed by atoms with Crippen molar-refractivity contribution >= 4 is 45.7 Å². The number of phenols is 2. The van der Waals surface area contributed by atoms with Gasteiger partial charge in [-0.05, 0) is 97.5 Å². The topological polar surface area (TPSA) is 138 Å². The maximum Gasteiger partial charge on any atom is 0.186 e. The molecule has 8 bridgehead atoms. The fourth-order valence-electron chi connectivity index (χ4n) is 9.84. The SMILES string of the molecule is CCCCCCCCCCCCCc1c2nc(c(CCCCCCCCCCCCC)c3ccc([nH]3)c(-c3cccc(O)c3)c3nc(c(-c4cccc(O)c4)c4ccc1[nH]4)C=C3)C(O)=C2O. The maximum absolute atomic E-state index is 12.0. The number of benzene rings is 2. The molecule has 2 aliphatic rings. The molecule has 0 fully saturated rings. The minimum absolute atomic E-state index is 0.148. The van der Waals surface area contributed by atoms with Crippen LogP contribution in [0.4, 0.5) is 0 Å². The second-order valence-corrected chi connectivity index (χ2v) is 18.7. The average Bonchev–Trinajstić information content (AvgIpc) is 4.15. The number of aliphatic hydroxyl groups is 2. The van der Waals surface area contributed by atoms with Crippen LogP contribution in [0.15, 0.2) is 72.8 Å². The van der Waals surface area contributed by atoms with Crippen molar-refractivity contribution in [3.63, 3.8) is 0 Å². The number of aryl methyl sites for hydroxylation is 2. The molecule has 0 saturated carbocycles. The van der Waals surface area contributed by atoms with Crippen LogP contribution in [0.1, 0.15) is 189 Å². The summed E-state index contributed by atoms with van der Waals surface area (Å²) in [5.74, 6) is -0.0974. The van der Waals surface area contributed by atoms with Crippen LogP contribution in [0.25, 0.3) is 68.0 Å². The molecule has 66 heavy (non-hydrogen) atoms. The molecule has 0 radical (unpaired) electrons. The Hall–Kier alpha value is -5.76. The first kappa shape index (κ1) is 48.2. The molecule has 0 aliphatic carbocycles. The number of hydrogen-bond donors (Lipinski definition) is 6. The molecule has 5 aromatic rings. The van der Waals surface area contributed by atoms with E-state index in [1.807, 2.05) is 60.7 Å². The third kappa shape index (κ3) is 12.6. The summed E-state index contributed by atoms with van der Waals surface area (Å²) in [6, 6.07) is 22.6. The fourth-order valence-corrected chi connectivity index (χ4v) is 9.84. The Morgan fingerprint density at radius 1 is 0.394 bits per heavy atom. The Balaban J connectivity index is 1.32. The molecule has 8 nitrogen and oxygen atoms in total. The minimum Gasteiger partial charge on any atom is -0.508 e. The van der Waals surface area contributed by atoms with Crippen LogP contribution in [0.3, 0.4) is 0 Å². The van der Waals surface area contributed by atoms with Crippen LogP contribution in [-0.2, 0) is 12.8 Å². The van der Waals surface area contributed by atoms with Gasteiger partial charge in [0.05, 0.1) is 11.4 Å². The molecular weight excluding hydrogens is 817 g/mol. The van der Waals surface area contributed by atoms with E-state index in [0.717, 1.165) is 94.0 Å². The van der Waals surface area contributed by atoms with Crippen LogP contribution in [0, 0.1) is 0 Å². The van der Waals surface area contributed by atoms with Crippen molar-refractivity contribution in [3.8, 4) is 33.8 Å². The zero-order valence-electron chi connectivity index (χ0n) is 39.7. The highest BCUT2D eigenvalue weighted by Gasteiger charge is 2.26. The summed E-state index contributed by atoms with van der Waals surface area (Å²) in [6.07, 6.45) is 32.4. The average molecular weight is 891 g/mol. The highest BCUT2D eigenvalue weighted by atomic mass is 16.3. The summed E-state index contributed by atoms with van der Waals surface area (Å²) < 4.78 is 0. The summed E-state index contributed by atoms with van der Waals surface area (Å²) >= 11 is 0. The van der Waals surface area contributed by atoms with Crippen LogP contribution in [0.2, 0.25) is 0 Å². The lowest BCUT2D eigenvalue weighted by atomic mass is 10.0. The van der Waals surface area contributed by atoms with Gasteiger partial charge in [-0.2, -0.15) is 0 Å². The lowest BCUT2D eigenvalue weighted by Gasteiger charge is -2.07. The molecule has 350 valence electrons. The van der Waals surface area contributed by atoms with Crippen LogP contribution >= 0.6 is 0 Å². The van der Waals surface area contributed by atoms with Crippen molar-refractivity contribution in [3.05, 3.63) is 107 Å². The molecule has 0 amide bonds. The number of nitrogens with zero attached hydrogens (tertiary/aromatic N) is 2. The Kier molecular flexibility index (Phi) is 18.0. The van der Waals surface area contributed by atoms with Crippen LogP contribution < -0.4 is 0 Å². The van der Waals surface area contributed by atoms with E-state index in [-0.39, 0.29) is 23.0 Å². The second kappa shape index (κ2) is 24.7. The molecule has 0 unspecified atom stereocenters. The Morgan fingerprint density at radius 3 is 1.11 bits per heavy atom. The lowest BCUT2D eigenvalue weighted by molar-refractivity contribution is 0.462. The Labute approximate surface area is 393 Å². The molecule has 0 saturated heterocycles. The predicted molar refractivity (Wildman–Crippen MR) is 277 cm³/mol. The van der Waals surface area contributed by atoms with Gasteiger partial charge in [0.25, 0.3) is 0 Å². The first-order valence-corrected chi connectivity index (χ1v) is 25.5. The van der Waals surface area contributed by atoms with Crippen molar-refractivity contribution in [1.82, 2.24) is 19.9 Å². The monoisotopic (exact) mass is 891 g/mol. The number of H-pyrrole nitrogens is 2. The van der Waals surface area contributed by atoms with E-state index < -0.39 is 0 Å². The maximum atomic E-state index is 12.0. The van der Waals surface area contributed by atoms with Gasteiger partial charge in [0.1, 0.15) is 22.9 Å². The number of aliphatic hydroxyl groups excluding tert-OH is 2. The minimum atomic E-state index is -0.196. The van der Waals surface area contributed by atoms with Gasteiger partial charge < -0.3 is 30.4 Å². The smallest absolute Gasteiger partial charge is 0.186 e. The summed E-state index contributed by atoms with van der Waals surface area (Å²) in [6.45, 7) is 4.53. The van der Waals surface area contributed by atoms with Crippen LogP contribution in [0.5, 0.6) is 11.5 Å². The quantitative estimate of drug-likeness (QED) is 0.0300. The number of unbranched alkanes of at least 4 members (excludes halogenated alkanes) is 20. The number of nitrogens with one attached hydrogen (secondary N) is 2. The van der Waals surface area contributed by atoms with Crippen molar-refractivity contribution in [2.45, 2.75) is 168 Å². The van der Waals surface area contributed by atoms with Crippen molar-refractivity contribution in [2.24, 2.45) is 0 Å². The van der Waals surface area contributed by atoms with Gasteiger partial charge >= 0.3 is 0 Å². The number of fused-ring (bicyclic) bond motifs is 8. The first-order valence-electron chi connectivity index (χ1n) is 25.5. The van der Waals surface area contributed by atoms with Gasteiger partial charge in [-0.3, -0.25) is 0 Å². The summed E-state index contributed by atoms with van der Waals surface area (Å²) in [4.78, 5) is 17.9. The van der Waals surface area contributed by atoms with E-state index in [1.165, 1.54) is 103 Å². The number of phenolic OH excluding ortho intramolecular Hbond substituents is 2. The Bertz CT molecular complexity index is 2430. The number of aromatic amines is 2. The molecule has 7 rings (SSSR count). The highest BCUT2D eigenvalue weighted by Crippen LogP contribution is 2.38. The summed E-state index contributed by atoms with van der Waals surface area (Å²) in [5, 5.41) is 45.3. The van der Waals surface area contributed by atoms with Gasteiger partial charge in [-0.15, -0.1) is 0 Å². The third-order valence-corrected chi connectivity index (χ3v) is 13.5. The molecule has 2 aliphatic heterocycles. The van der Waals surface area contributed by atoms with Gasteiger partial charge in [0, 0.05) is 44.3 Å². The summed E-state index contributed by atoms with van der Waals surface area (Å²) in [5.41, 5.74) is 10.3. The molecule has 6 N–H and O–H groups in total. The van der Waals surface area contributed by atoms with Gasteiger partial charge in [0.15, 0.2) is 11.5 Å². The van der Waals surface area contributed by atoms with Gasteiger partial charge in [-0.25, -0.2) is 9.97 Å². The first-order chi connectivity index (χ1) is 32.4. The zero-order valence-corrected chi connectivity index (χ0v) is 39.7. The largest absolute Gasteiger partial charge is 0.508 e. The molecule has 3 aromatic heterocycles. The van der Waals surface area contributed by atoms with E-state index in [0.29, 0.717) is 35.6 Å². The third-order valence-electron chi connectivity index (χ3n) is 13.5. The highest BCUT2D eigenvalue weighted by molar-refractivity contribution is 5.96. The van der Waals surface area contributed by atoms with E-state index in [1.54, 1.807) is 24.3 Å². The molecule has 2 aromatic carbocycles. The van der Waals surface area contributed by atoms with E-state index in [9.17, 15) is 20.4 Å². The number of aromatic nitrogens is 4. The standard InChI is InChI=1S/C58H74N4O4/c1-3-5-7-9-11-13-15-17-19-21-23-31-45-47-33-35-49(59-47)53(41-27-25-29-43(63)39-41)51-37-38-52(61-51)54(42-28-26-30-44(64)40-42)50-36-34-48(60-50)46(56-58(66)57(65)55(45)62-56)32-24-22-20-18-16-14-12-10-8-6-4-2/h25-30,33-40,59-60,63-66H,3-24,31-32H2,1-2H3. The van der Waals surface area contributed by atoms with Gasteiger partial charge in [-0.1, -0.05) is 167 Å². The molecule has 0 spiro atoms. The predicted octanol–water partition coefficient (Wildman–Crippen LogP) is 16.9. The second-order valence-electron chi connectivity index (χ2n) is 18.7.